The number of pyridine rings is 1. The van der Waals surface area contributed by atoms with Gasteiger partial charge in [-0.3, -0.25) is 9.78 Å². The number of carbonyl (C=O) groups is 2. The summed E-state index contributed by atoms with van der Waals surface area (Å²) < 4.78 is 65.4. The van der Waals surface area contributed by atoms with E-state index in [1.807, 2.05) is 4.90 Å². The number of nitrogens with zero attached hydrogens (tertiary/aromatic N) is 3. The number of methoxy groups -OCH3 is 1. The molecule has 2 aliphatic rings. The Hall–Kier alpha value is -3.21. The fourth-order valence-electron chi connectivity index (χ4n) is 5.52. The molecule has 1 aromatic carbocycles. The van der Waals surface area contributed by atoms with Crippen LogP contribution in [0.4, 0.5) is 17.6 Å². The molecule has 1 atom stereocenters. The minimum atomic E-state index is -4.24. The Morgan fingerprint density at radius 3 is 2.39 bits per heavy atom. The fraction of sp³-hybridized carbons (Fsp3) is 0.567. The summed E-state index contributed by atoms with van der Waals surface area (Å²) >= 11 is 0. The molecule has 7 nitrogen and oxygen atoms in total. The van der Waals surface area contributed by atoms with E-state index in [1.165, 1.54) is 38.0 Å². The number of rotatable bonds is 8. The highest BCUT2D eigenvalue weighted by molar-refractivity contribution is 5.99. The average molecular weight is 580 g/mol. The van der Waals surface area contributed by atoms with Gasteiger partial charge in [0, 0.05) is 18.7 Å². The Bertz CT molecular complexity index is 1240. The summed E-state index contributed by atoms with van der Waals surface area (Å²) in [6.07, 6.45) is -0.129. The van der Waals surface area contributed by atoms with Gasteiger partial charge in [0.05, 0.1) is 36.6 Å². The number of amides is 1. The van der Waals surface area contributed by atoms with Crippen LogP contribution in [0.15, 0.2) is 36.5 Å². The Balaban J connectivity index is 1.32. The van der Waals surface area contributed by atoms with Crippen LogP contribution < -0.4 is 4.74 Å². The summed E-state index contributed by atoms with van der Waals surface area (Å²) in [6.45, 7) is 6.04. The van der Waals surface area contributed by atoms with E-state index in [9.17, 15) is 22.8 Å². The minimum Gasteiger partial charge on any atom is -0.492 e. The van der Waals surface area contributed by atoms with Crippen LogP contribution in [0.1, 0.15) is 56.8 Å². The van der Waals surface area contributed by atoms with E-state index in [4.69, 9.17) is 9.47 Å². The first-order valence-electron chi connectivity index (χ1n) is 13.8. The topological polar surface area (TPSA) is 72.0 Å². The predicted octanol–water partition coefficient (Wildman–Crippen LogP) is 5.73. The summed E-state index contributed by atoms with van der Waals surface area (Å²) in [6, 6.07) is 7.68. The molecule has 0 spiro atoms. The molecule has 3 heterocycles. The van der Waals surface area contributed by atoms with Gasteiger partial charge in [-0.15, -0.1) is 0 Å². The molecule has 0 unspecified atom stereocenters. The monoisotopic (exact) mass is 579 g/mol. The number of piperidine rings is 1. The van der Waals surface area contributed by atoms with E-state index in [1.54, 1.807) is 31.3 Å². The molecule has 224 valence electrons. The zero-order valence-electron chi connectivity index (χ0n) is 23.9. The van der Waals surface area contributed by atoms with Crippen molar-refractivity contribution in [3.8, 4) is 17.0 Å². The standard InChI is InChI=1S/C30H37F4N3O4/c1-28(2,30(32,33)34)19-36-14-10-20(11-15-36)18-41-22-7-9-25(35-17-22)21-6-8-23(24(31)16-21)26(38)37-13-5-12-29(37,3)27(39)40-4/h6-9,16-17,20H,5,10-15,18-19H2,1-4H3/t29-/m0/s1. The number of alkyl halides is 3. The van der Waals surface area contributed by atoms with Gasteiger partial charge in [0.25, 0.3) is 5.91 Å². The largest absolute Gasteiger partial charge is 0.492 e. The van der Waals surface area contributed by atoms with E-state index in [-0.39, 0.29) is 18.0 Å². The molecule has 0 radical (unpaired) electrons. The molecule has 11 heteroatoms. The number of hydrogen-bond acceptors (Lipinski definition) is 6. The van der Waals surface area contributed by atoms with Crippen LogP contribution in [0.2, 0.25) is 0 Å². The van der Waals surface area contributed by atoms with Crippen molar-refractivity contribution in [1.29, 1.82) is 0 Å². The molecule has 4 rings (SSSR count). The van der Waals surface area contributed by atoms with Gasteiger partial charge in [0.1, 0.15) is 17.1 Å². The van der Waals surface area contributed by atoms with E-state index in [0.29, 0.717) is 56.1 Å². The van der Waals surface area contributed by atoms with Crippen molar-refractivity contribution in [2.75, 3.05) is 39.9 Å². The number of halogens is 4. The lowest BCUT2D eigenvalue weighted by Gasteiger charge is -2.38. The van der Waals surface area contributed by atoms with Gasteiger partial charge >= 0.3 is 12.1 Å². The first-order valence-corrected chi connectivity index (χ1v) is 13.8. The second kappa shape index (κ2) is 12.0. The predicted molar refractivity (Wildman–Crippen MR) is 145 cm³/mol. The van der Waals surface area contributed by atoms with E-state index < -0.39 is 34.8 Å². The molecular formula is C30H37F4N3O4. The van der Waals surface area contributed by atoms with Crippen molar-refractivity contribution in [3.63, 3.8) is 0 Å². The third-order valence-electron chi connectivity index (χ3n) is 8.32. The number of aromatic nitrogens is 1. The van der Waals surface area contributed by atoms with Crippen molar-refractivity contribution in [1.82, 2.24) is 14.8 Å². The van der Waals surface area contributed by atoms with Crippen molar-refractivity contribution in [2.45, 2.75) is 58.2 Å². The van der Waals surface area contributed by atoms with Gasteiger partial charge in [0.2, 0.25) is 0 Å². The first-order chi connectivity index (χ1) is 19.2. The maximum absolute atomic E-state index is 15.1. The Morgan fingerprint density at radius 1 is 1.10 bits per heavy atom. The number of benzene rings is 1. The zero-order chi connectivity index (χ0) is 30.0. The highest BCUT2D eigenvalue weighted by Gasteiger charge is 2.48. The molecule has 2 fully saturated rings. The fourth-order valence-corrected chi connectivity index (χ4v) is 5.52. The summed E-state index contributed by atoms with van der Waals surface area (Å²) in [7, 11) is 1.27. The molecule has 2 aromatic rings. The zero-order valence-corrected chi connectivity index (χ0v) is 23.9. The highest BCUT2D eigenvalue weighted by Crippen LogP contribution is 2.39. The molecule has 0 aliphatic carbocycles. The number of esters is 1. The number of hydrogen-bond donors (Lipinski definition) is 0. The smallest absolute Gasteiger partial charge is 0.395 e. The second-order valence-corrected chi connectivity index (χ2v) is 11.8. The number of likely N-dealkylation sites (tertiary alicyclic amines) is 2. The normalized spacial score (nSPS) is 20.7. The minimum absolute atomic E-state index is 0.0175. The van der Waals surface area contributed by atoms with E-state index in [2.05, 4.69) is 4.98 Å². The molecule has 41 heavy (non-hydrogen) atoms. The third kappa shape index (κ3) is 6.66. The molecule has 1 amide bonds. The van der Waals surface area contributed by atoms with Crippen LogP contribution in [0.25, 0.3) is 11.3 Å². The van der Waals surface area contributed by atoms with Gasteiger partial charge in [0.15, 0.2) is 0 Å². The Labute approximate surface area is 237 Å². The van der Waals surface area contributed by atoms with Gasteiger partial charge < -0.3 is 19.3 Å². The van der Waals surface area contributed by atoms with Crippen molar-refractivity contribution >= 4 is 11.9 Å². The van der Waals surface area contributed by atoms with Crippen LogP contribution in [0.3, 0.4) is 0 Å². The molecule has 0 saturated carbocycles. The van der Waals surface area contributed by atoms with Crippen molar-refractivity contribution < 1.29 is 36.6 Å². The van der Waals surface area contributed by atoms with E-state index in [0.717, 1.165) is 12.8 Å². The molecule has 2 saturated heterocycles. The van der Waals surface area contributed by atoms with Gasteiger partial charge in [-0.2, -0.15) is 13.2 Å². The number of carbonyl (C=O) groups excluding carboxylic acids is 2. The van der Waals surface area contributed by atoms with E-state index >= 15 is 4.39 Å². The molecule has 1 aromatic heterocycles. The van der Waals surface area contributed by atoms with Crippen LogP contribution >= 0.6 is 0 Å². The molecule has 2 aliphatic heterocycles. The summed E-state index contributed by atoms with van der Waals surface area (Å²) in [5.74, 6) is -1.03. The van der Waals surface area contributed by atoms with Gasteiger partial charge in [-0.1, -0.05) is 6.07 Å². The third-order valence-corrected chi connectivity index (χ3v) is 8.32. The molecule has 0 N–H and O–H groups in total. The summed E-state index contributed by atoms with van der Waals surface area (Å²) in [5, 5.41) is 0. The summed E-state index contributed by atoms with van der Waals surface area (Å²) in [4.78, 5) is 33.0. The van der Waals surface area contributed by atoms with Crippen LogP contribution in [0, 0.1) is 17.2 Å². The molecular weight excluding hydrogens is 542 g/mol. The van der Waals surface area contributed by atoms with Crippen LogP contribution in [-0.2, 0) is 9.53 Å². The number of ether oxygens (including phenoxy) is 2. The van der Waals surface area contributed by atoms with Crippen LogP contribution in [-0.4, -0.2) is 78.3 Å². The Morgan fingerprint density at radius 2 is 1.80 bits per heavy atom. The lowest BCUT2D eigenvalue weighted by Crippen LogP contribution is -2.51. The Kier molecular flexibility index (Phi) is 8.96. The first kappa shape index (κ1) is 30.7. The lowest BCUT2D eigenvalue weighted by atomic mass is 9.89. The van der Waals surface area contributed by atoms with Crippen molar-refractivity contribution in [3.05, 3.63) is 47.9 Å². The van der Waals surface area contributed by atoms with Gasteiger partial charge in [-0.05, 0) is 89.7 Å². The van der Waals surface area contributed by atoms with Crippen LogP contribution in [0.5, 0.6) is 5.75 Å². The lowest BCUT2D eigenvalue weighted by molar-refractivity contribution is -0.217. The maximum Gasteiger partial charge on any atom is 0.395 e. The average Bonchev–Trinajstić information content (AvgIpc) is 3.34. The van der Waals surface area contributed by atoms with Crippen molar-refractivity contribution in [2.24, 2.45) is 11.3 Å². The SMILES string of the molecule is COC(=O)[C@]1(C)CCCN1C(=O)c1ccc(-c2ccc(OCC3CCN(CC(C)(C)C(F)(F)F)CC3)cn2)cc1F. The quantitative estimate of drug-likeness (QED) is 0.294. The summed E-state index contributed by atoms with van der Waals surface area (Å²) in [5.41, 5.74) is -2.02. The second-order valence-electron chi connectivity index (χ2n) is 11.8. The highest BCUT2D eigenvalue weighted by atomic mass is 19.4. The maximum atomic E-state index is 15.1. The molecule has 0 bridgehead atoms. The van der Waals surface area contributed by atoms with Gasteiger partial charge in [-0.25, -0.2) is 9.18 Å².